The second-order valence-corrected chi connectivity index (χ2v) is 5.70. The first kappa shape index (κ1) is 15.0. The second kappa shape index (κ2) is 6.84. The van der Waals surface area contributed by atoms with E-state index in [4.69, 9.17) is 0 Å². The number of rotatable bonds is 4. The topological polar surface area (TPSA) is 45.2 Å². The van der Waals surface area contributed by atoms with Crippen molar-refractivity contribution in [3.05, 3.63) is 30.1 Å². The molecule has 3 atom stereocenters. The summed E-state index contributed by atoms with van der Waals surface area (Å²) >= 11 is 0. The zero-order valence-electron chi connectivity index (χ0n) is 12.7. The van der Waals surface area contributed by atoms with Gasteiger partial charge >= 0.3 is 0 Å². The Balaban J connectivity index is 1.97. The monoisotopic (exact) mass is 275 g/mol. The summed E-state index contributed by atoms with van der Waals surface area (Å²) < 4.78 is 0. The summed E-state index contributed by atoms with van der Waals surface area (Å²) in [6.07, 6.45) is 5.81. The summed E-state index contributed by atoms with van der Waals surface area (Å²) in [7, 11) is 0. The van der Waals surface area contributed by atoms with Gasteiger partial charge in [-0.15, -0.1) is 0 Å². The van der Waals surface area contributed by atoms with Crippen LogP contribution in [0.2, 0.25) is 0 Å². The minimum absolute atomic E-state index is 0.198. The molecule has 110 valence electrons. The summed E-state index contributed by atoms with van der Waals surface area (Å²) in [5.41, 5.74) is 1.27. The molecule has 0 unspecified atom stereocenters. The predicted molar refractivity (Wildman–Crippen MR) is 80.2 cm³/mol. The average Bonchev–Trinajstić information content (AvgIpc) is 2.48. The Kier molecular flexibility index (Phi) is 5.12. The number of aromatic nitrogens is 1. The van der Waals surface area contributed by atoms with Gasteiger partial charge in [0.05, 0.1) is 0 Å². The summed E-state index contributed by atoms with van der Waals surface area (Å²) in [5.74, 6) is 0.737. The van der Waals surface area contributed by atoms with E-state index in [1.807, 2.05) is 17.3 Å². The molecule has 1 N–H and O–H groups in total. The molecule has 0 spiro atoms. The number of nitrogens with one attached hydrogen (secondary N) is 1. The van der Waals surface area contributed by atoms with Crippen LogP contribution in [0.4, 0.5) is 0 Å². The smallest absolute Gasteiger partial charge is 0.219 e. The Bertz CT molecular complexity index is 435. The number of nitrogens with zero attached hydrogens (tertiary/aromatic N) is 2. The third-order valence-electron chi connectivity index (χ3n) is 4.37. The van der Waals surface area contributed by atoms with Crippen molar-refractivity contribution in [3.63, 3.8) is 0 Å². The molecule has 1 aromatic heterocycles. The van der Waals surface area contributed by atoms with E-state index in [-0.39, 0.29) is 5.91 Å². The fourth-order valence-corrected chi connectivity index (χ4v) is 3.02. The molecule has 1 aromatic rings. The molecule has 1 saturated heterocycles. The van der Waals surface area contributed by atoms with Crippen LogP contribution < -0.4 is 5.32 Å². The van der Waals surface area contributed by atoms with Gasteiger partial charge < -0.3 is 10.2 Å². The van der Waals surface area contributed by atoms with Gasteiger partial charge in [0.1, 0.15) is 0 Å². The van der Waals surface area contributed by atoms with Crippen LogP contribution in [0.25, 0.3) is 0 Å². The van der Waals surface area contributed by atoms with Gasteiger partial charge in [0.25, 0.3) is 0 Å². The van der Waals surface area contributed by atoms with Crippen LogP contribution in [-0.2, 0) is 4.79 Å². The van der Waals surface area contributed by atoms with E-state index >= 15 is 0 Å². The lowest BCUT2D eigenvalue weighted by atomic mass is 9.89. The quantitative estimate of drug-likeness (QED) is 0.917. The third kappa shape index (κ3) is 3.57. The van der Waals surface area contributed by atoms with Crippen molar-refractivity contribution in [3.8, 4) is 0 Å². The molecule has 0 aliphatic carbocycles. The van der Waals surface area contributed by atoms with E-state index in [1.165, 1.54) is 5.56 Å². The van der Waals surface area contributed by atoms with Crippen molar-refractivity contribution >= 4 is 5.91 Å². The second-order valence-electron chi connectivity index (χ2n) is 5.70. The van der Waals surface area contributed by atoms with Crippen molar-refractivity contribution in [2.75, 3.05) is 13.1 Å². The number of pyridine rings is 1. The normalized spacial score (nSPS) is 24.4. The summed E-state index contributed by atoms with van der Waals surface area (Å²) in [4.78, 5) is 17.5. The zero-order valence-corrected chi connectivity index (χ0v) is 12.7. The first-order valence-electron chi connectivity index (χ1n) is 7.53. The van der Waals surface area contributed by atoms with Crippen molar-refractivity contribution in [2.24, 2.45) is 5.92 Å². The van der Waals surface area contributed by atoms with Gasteiger partial charge in [0.15, 0.2) is 0 Å². The Morgan fingerprint density at radius 1 is 1.50 bits per heavy atom. The third-order valence-corrected chi connectivity index (χ3v) is 4.37. The Morgan fingerprint density at radius 2 is 2.20 bits per heavy atom. The number of carbonyl (C=O) groups is 1. The van der Waals surface area contributed by atoms with Gasteiger partial charge in [0.2, 0.25) is 5.91 Å². The summed E-state index contributed by atoms with van der Waals surface area (Å²) in [6.45, 7) is 7.82. The number of hydrogen-bond acceptors (Lipinski definition) is 3. The average molecular weight is 275 g/mol. The first-order valence-corrected chi connectivity index (χ1v) is 7.53. The maximum Gasteiger partial charge on any atom is 0.219 e. The molecule has 0 bridgehead atoms. The van der Waals surface area contributed by atoms with E-state index in [1.54, 1.807) is 6.92 Å². The maximum absolute atomic E-state index is 11.5. The van der Waals surface area contributed by atoms with E-state index in [0.717, 1.165) is 25.9 Å². The molecule has 1 fully saturated rings. The molecule has 1 amide bonds. The molecule has 4 nitrogen and oxygen atoms in total. The number of hydrogen-bond donors (Lipinski definition) is 1. The number of likely N-dealkylation sites (tertiary alicyclic amines) is 1. The van der Waals surface area contributed by atoms with Crippen molar-refractivity contribution in [1.82, 2.24) is 15.2 Å². The number of piperidine rings is 1. The molecule has 20 heavy (non-hydrogen) atoms. The number of carbonyl (C=O) groups excluding carboxylic acids is 1. The highest BCUT2D eigenvalue weighted by Crippen LogP contribution is 2.23. The molecular weight excluding hydrogens is 250 g/mol. The first-order chi connectivity index (χ1) is 9.61. The zero-order chi connectivity index (χ0) is 14.5. The van der Waals surface area contributed by atoms with Gasteiger partial charge in [0, 0.05) is 44.5 Å². The lowest BCUT2D eigenvalue weighted by molar-refractivity contribution is -0.131. The van der Waals surface area contributed by atoms with Crippen LogP contribution in [0.15, 0.2) is 24.5 Å². The lowest BCUT2D eigenvalue weighted by Gasteiger charge is -2.39. The van der Waals surface area contributed by atoms with E-state index in [0.29, 0.717) is 18.0 Å². The Labute approximate surface area is 121 Å². The van der Waals surface area contributed by atoms with Crippen LogP contribution >= 0.6 is 0 Å². The highest BCUT2D eigenvalue weighted by molar-refractivity contribution is 5.73. The summed E-state index contributed by atoms with van der Waals surface area (Å²) in [5, 5.41) is 3.73. The fraction of sp³-hybridized carbons (Fsp3) is 0.625. The molecular formula is C16H25N3O. The van der Waals surface area contributed by atoms with E-state index in [9.17, 15) is 4.79 Å². The van der Waals surface area contributed by atoms with Crippen LogP contribution in [-0.4, -0.2) is 34.9 Å². The van der Waals surface area contributed by atoms with Crippen LogP contribution in [0.5, 0.6) is 0 Å². The van der Waals surface area contributed by atoms with Gasteiger partial charge in [-0.25, -0.2) is 0 Å². The van der Waals surface area contributed by atoms with Gasteiger partial charge in [-0.05, 0) is 37.0 Å². The Hall–Kier alpha value is -1.42. The highest BCUT2D eigenvalue weighted by Gasteiger charge is 2.29. The molecule has 1 aliphatic heterocycles. The predicted octanol–water partition coefficient (Wildman–Crippen LogP) is 2.38. The molecule has 2 heterocycles. The molecule has 2 rings (SSSR count). The molecule has 1 aliphatic rings. The lowest BCUT2D eigenvalue weighted by Crippen LogP contribution is -2.50. The highest BCUT2D eigenvalue weighted by atomic mass is 16.2. The van der Waals surface area contributed by atoms with Gasteiger partial charge in [-0.2, -0.15) is 0 Å². The minimum Gasteiger partial charge on any atom is -0.343 e. The SMILES string of the molecule is CC[C@@H]1CN(C(C)=O)CC[C@@H]1N[C@@H](C)c1ccncc1. The van der Waals surface area contributed by atoms with Gasteiger partial charge in [-0.3, -0.25) is 9.78 Å². The van der Waals surface area contributed by atoms with Crippen molar-refractivity contribution in [1.29, 1.82) is 0 Å². The van der Waals surface area contributed by atoms with Crippen LogP contribution in [0, 0.1) is 5.92 Å². The standard InChI is InChI=1S/C16H25N3O/c1-4-14-11-19(13(3)20)10-7-16(14)18-12(2)15-5-8-17-9-6-15/h5-6,8-9,12,14,16,18H,4,7,10-11H2,1-3H3/t12-,14+,16-/m0/s1. The minimum atomic E-state index is 0.198. The molecule has 0 aromatic carbocycles. The molecule has 4 heteroatoms. The maximum atomic E-state index is 11.5. The molecule has 0 saturated carbocycles. The van der Waals surface area contributed by atoms with E-state index in [2.05, 4.69) is 36.3 Å². The fourth-order valence-electron chi connectivity index (χ4n) is 3.02. The van der Waals surface area contributed by atoms with Crippen molar-refractivity contribution in [2.45, 2.75) is 45.7 Å². The Morgan fingerprint density at radius 3 is 2.80 bits per heavy atom. The van der Waals surface area contributed by atoms with E-state index < -0.39 is 0 Å². The van der Waals surface area contributed by atoms with Gasteiger partial charge in [-0.1, -0.05) is 13.3 Å². The van der Waals surface area contributed by atoms with Crippen LogP contribution in [0.3, 0.4) is 0 Å². The largest absolute Gasteiger partial charge is 0.343 e. The van der Waals surface area contributed by atoms with Crippen LogP contribution in [0.1, 0.15) is 45.2 Å². The van der Waals surface area contributed by atoms with Crippen molar-refractivity contribution < 1.29 is 4.79 Å². The number of amides is 1. The molecule has 0 radical (unpaired) electrons. The summed E-state index contributed by atoms with van der Waals surface area (Å²) in [6, 6.07) is 4.92.